The number of rotatable bonds is 23. The Bertz CT molecular complexity index is 2520. The maximum absolute atomic E-state index is 13.5. The molecule has 0 aliphatic rings. The van der Waals surface area contributed by atoms with Crippen LogP contribution in [0.4, 0.5) is 0 Å². The molecule has 22 nitrogen and oxygen atoms in total. The van der Waals surface area contributed by atoms with Gasteiger partial charge >= 0.3 is 0 Å². The molecule has 22 heteroatoms. The molecule has 4 heterocycles. The molecule has 0 aliphatic heterocycles. The number of amides is 4. The van der Waals surface area contributed by atoms with Gasteiger partial charge in [0.25, 0.3) is 45.9 Å². The normalized spacial score (nSPS) is 11.7. The predicted octanol–water partition coefficient (Wildman–Crippen LogP) is -1.12. The molecule has 4 aromatic heterocycles. The van der Waals surface area contributed by atoms with Gasteiger partial charge in [0.1, 0.15) is 0 Å². The molecule has 65 heavy (non-hydrogen) atoms. The molecule has 8 N–H and O–H groups in total. The first-order valence-electron chi connectivity index (χ1n) is 21.0. The van der Waals surface area contributed by atoms with E-state index in [1.807, 2.05) is 16.7 Å². The van der Waals surface area contributed by atoms with Crippen molar-refractivity contribution in [1.29, 1.82) is 0 Å². The number of unbranched alkanes of at least 4 members (excludes halogenated alkanes) is 2. The monoisotopic (exact) mass is 906 g/mol. The van der Waals surface area contributed by atoms with Gasteiger partial charge < -0.3 is 60.0 Å². The van der Waals surface area contributed by atoms with Crippen LogP contribution in [-0.4, -0.2) is 137 Å². The molecule has 4 rings (SSSR count). The highest BCUT2D eigenvalue weighted by Crippen LogP contribution is 2.15. The zero-order chi connectivity index (χ0) is 48.0. The summed E-state index contributed by atoms with van der Waals surface area (Å²) in [4.78, 5) is 106. The van der Waals surface area contributed by atoms with E-state index >= 15 is 0 Å². The molecule has 4 aromatic rings. The lowest BCUT2D eigenvalue weighted by Crippen LogP contribution is -2.49. The van der Waals surface area contributed by atoms with Crippen molar-refractivity contribution in [3.05, 3.63) is 113 Å². The molecule has 4 amide bonds. The number of carbonyl (C=O) groups is 4. The summed E-state index contributed by atoms with van der Waals surface area (Å²) in [6, 6.07) is 4.72. The zero-order valence-electron chi connectivity index (χ0n) is 37.1. The zero-order valence-corrected chi connectivity index (χ0v) is 37.1. The van der Waals surface area contributed by atoms with Gasteiger partial charge in [0.15, 0.2) is 23.0 Å². The molecule has 0 bridgehead atoms. The van der Waals surface area contributed by atoms with E-state index in [1.54, 1.807) is 0 Å². The van der Waals surface area contributed by atoms with Crippen LogP contribution < -0.4 is 43.5 Å². The number of aromatic hydroxyl groups is 4. The Balaban J connectivity index is 1.58. The number of pyridine rings is 4. The average Bonchev–Trinajstić information content (AvgIpc) is 3.27. The van der Waals surface area contributed by atoms with Gasteiger partial charge in [-0.3, -0.25) is 48.2 Å². The van der Waals surface area contributed by atoms with E-state index in [9.17, 15) is 58.8 Å². The van der Waals surface area contributed by atoms with Crippen LogP contribution >= 0.6 is 0 Å². The minimum absolute atomic E-state index is 0.0166. The molecule has 1 atom stereocenters. The lowest BCUT2D eigenvalue weighted by Gasteiger charge is -2.31. The van der Waals surface area contributed by atoms with Crippen molar-refractivity contribution in [2.24, 2.45) is 28.2 Å². The molecule has 0 aliphatic carbocycles. The van der Waals surface area contributed by atoms with Crippen LogP contribution in [0.15, 0.2) is 68.2 Å². The summed E-state index contributed by atoms with van der Waals surface area (Å²) in [7, 11) is 5.71. The topological polar surface area (TPSA) is 292 Å². The Labute approximate surface area is 373 Å². The predicted molar refractivity (Wildman–Crippen MR) is 239 cm³/mol. The van der Waals surface area contributed by atoms with E-state index in [0.717, 1.165) is 31.1 Å². The van der Waals surface area contributed by atoms with E-state index < -0.39 is 74.9 Å². The molecule has 0 spiro atoms. The van der Waals surface area contributed by atoms with E-state index in [4.69, 9.17) is 0 Å². The molecule has 0 aromatic carbocycles. The molecule has 1 unspecified atom stereocenters. The van der Waals surface area contributed by atoms with E-state index in [1.165, 1.54) is 77.2 Å². The third kappa shape index (κ3) is 13.4. The van der Waals surface area contributed by atoms with Crippen LogP contribution in [0.25, 0.3) is 0 Å². The van der Waals surface area contributed by atoms with Crippen molar-refractivity contribution in [3.63, 3.8) is 0 Å². The smallest absolute Gasteiger partial charge is 0.293 e. The van der Waals surface area contributed by atoms with Gasteiger partial charge in [0.2, 0.25) is 0 Å². The van der Waals surface area contributed by atoms with Crippen LogP contribution in [-0.2, 0) is 28.2 Å². The summed E-state index contributed by atoms with van der Waals surface area (Å²) in [5.41, 5.74) is -3.89. The third-order valence-corrected chi connectivity index (χ3v) is 10.8. The molecule has 0 saturated heterocycles. The fourth-order valence-electron chi connectivity index (χ4n) is 6.80. The van der Waals surface area contributed by atoms with Crippen LogP contribution in [0.3, 0.4) is 0 Å². The molecule has 0 radical (unpaired) electrons. The first kappa shape index (κ1) is 50.4. The van der Waals surface area contributed by atoms with Gasteiger partial charge in [-0.1, -0.05) is 26.2 Å². The van der Waals surface area contributed by atoms with Gasteiger partial charge in [-0.2, -0.15) is 0 Å². The SMILES string of the molecule is CCCCCC(CN(CCNC(=O)c1ccn(C)c(=O)c1O)CCN(CCNC(=O)c1ccn(C)c(=O)c1O)CCNC(=O)c1ccn(C)c(=O)c1O)NC(=O)c1ccn(C)c(=O)c1O. The van der Waals surface area contributed by atoms with Gasteiger partial charge in [-0.05, 0) is 30.7 Å². The minimum Gasteiger partial charge on any atom is -0.502 e. The van der Waals surface area contributed by atoms with Crippen molar-refractivity contribution in [3.8, 4) is 23.0 Å². The number of aromatic nitrogens is 4. The van der Waals surface area contributed by atoms with Gasteiger partial charge in [-0.25, -0.2) is 0 Å². The largest absolute Gasteiger partial charge is 0.502 e. The van der Waals surface area contributed by atoms with Gasteiger partial charge in [0, 0.05) is 118 Å². The van der Waals surface area contributed by atoms with Crippen molar-refractivity contribution >= 4 is 23.6 Å². The summed E-state index contributed by atoms with van der Waals surface area (Å²) < 4.78 is 4.50. The number of hydrogen-bond acceptors (Lipinski definition) is 14. The third-order valence-electron chi connectivity index (χ3n) is 10.8. The minimum atomic E-state index is -0.757. The Morgan fingerprint density at radius 2 is 0.831 bits per heavy atom. The molecular weight excluding hydrogens is 849 g/mol. The number of aryl methyl sites for hydroxylation is 4. The van der Waals surface area contributed by atoms with Crippen LogP contribution in [0.2, 0.25) is 0 Å². The molecule has 0 fully saturated rings. The Hall–Kier alpha value is -7.20. The van der Waals surface area contributed by atoms with Crippen molar-refractivity contribution in [2.45, 2.75) is 38.6 Å². The maximum Gasteiger partial charge on any atom is 0.293 e. The van der Waals surface area contributed by atoms with E-state index in [2.05, 4.69) is 21.3 Å². The second-order valence-electron chi connectivity index (χ2n) is 15.6. The first-order valence-corrected chi connectivity index (χ1v) is 21.0. The van der Waals surface area contributed by atoms with E-state index in [-0.39, 0.29) is 81.2 Å². The summed E-state index contributed by atoms with van der Waals surface area (Å²) in [5, 5.41) is 52.6. The van der Waals surface area contributed by atoms with Crippen molar-refractivity contribution in [1.82, 2.24) is 49.3 Å². The van der Waals surface area contributed by atoms with Crippen LogP contribution in [0.5, 0.6) is 23.0 Å². The summed E-state index contributed by atoms with van der Waals surface area (Å²) in [6.07, 6.45) is 8.34. The Morgan fingerprint density at radius 3 is 1.18 bits per heavy atom. The number of carbonyl (C=O) groups excluding carboxylic acids is 4. The molecule has 352 valence electrons. The maximum atomic E-state index is 13.5. The first-order chi connectivity index (χ1) is 30.9. The summed E-state index contributed by atoms with van der Waals surface area (Å²) >= 11 is 0. The van der Waals surface area contributed by atoms with Gasteiger partial charge in [-0.15, -0.1) is 0 Å². The number of hydrogen-bond donors (Lipinski definition) is 8. The van der Waals surface area contributed by atoms with Crippen LogP contribution in [0, 0.1) is 0 Å². The van der Waals surface area contributed by atoms with E-state index in [0.29, 0.717) is 12.8 Å². The van der Waals surface area contributed by atoms with Crippen molar-refractivity contribution in [2.75, 3.05) is 58.9 Å². The Morgan fingerprint density at radius 1 is 0.508 bits per heavy atom. The fourth-order valence-corrected chi connectivity index (χ4v) is 6.80. The highest BCUT2D eigenvalue weighted by Gasteiger charge is 2.23. The molecular formula is C43H58N10O12. The van der Waals surface area contributed by atoms with Gasteiger partial charge in [0.05, 0.1) is 22.3 Å². The Kier molecular flexibility index (Phi) is 18.2. The van der Waals surface area contributed by atoms with Crippen molar-refractivity contribution < 1.29 is 39.6 Å². The highest BCUT2D eigenvalue weighted by molar-refractivity contribution is 5.98. The number of nitrogens with zero attached hydrogens (tertiary/aromatic N) is 6. The van der Waals surface area contributed by atoms with Crippen LogP contribution in [0.1, 0.15) is 74.0 Å². The quantitative estimate of drug-likeness (QED) is 0.0410. The standard InChI is InChI=1S/C43H58N10O12/c1-6-7-8-9-27(47-39(61)31-13-20-51(5)43(65)35(31)57)26-53(23-16-46-38(60)30-12-19-50(4)42(64)34(30)56)25-24-52(21-14-44-36(58)28-10-17-48(2)40(62)32(28)54)22-15-45-37(59)29-11-18-49(3)41(63)33(29)55/h10-13,17-20,27,54-57H,6-9,14-16,21-26H2,1-5H3,(H,44,58)(H,45,59)(H,46,60)(H,47,61). The summed E-state index contributed by atoms with van der Waals surface area (Å²) in [5.74, 6) is -5.64. The molecule has 0 saturated carbocycles. The highest BCUT2D eigenvalue weighted by atomic mass is 16.3. The lowest BCUT2D eigenvalue weighted by molar-refractivity contribution is 0.0900. The number of nitrogens with one attached hydrogen (secondary N) is 4. The second-order valence-corrected chi connectivity index (χ2v) is 15.6. The average molecular weight is 907 g/mol. The lowest BCUT2D eigenvalue weighted by atomic mass is 10.1. The summed E-state index contributed by atoms with van der Waals surface area (Å²) in [6.45, 7) is 3.34. The second kappa shape index (κ2) is 23.5. The fraction of sp³-hybridized carbons (Fsp3) is 0.442.